The van der Waals surface area contributed by atoms with Crippen molar-refractivity contribution in [2.45, 2.75) is 36.6 Å². The van der Waals surface area contributed by atoms with Gasteiger partial charge in [-0.1, -0.05) is 36.6 Å². The third-order valence-corrected chi connectivity index (χ3v) is 8.20. The van der Waals surface area contributed by atoms with Gasteiger partial charge in [0.25, 0.3) is 0 Å². The van der Waals surface area contributed by atoms with E-state index in [2.05, 4.69) is 25.3 Å². The van der Waals surface area contributed by atoms with Gasteiger partial charge in [0.05, 0.1) is 16.1 Å². The lowest BCUT2D eigenvalue weighted by molar-refractivity contribution is 0.480. The van der Waals surface area contributed by atoms with Crippen molar-refractivity contribution >= 4 is 46.1 Å². The SMILES string of the molecule is N#Cc1c(Cl)cccc1Oc1ccc(SNc2ccc(-c3cn(C4CCCC4)c4ncnc(N)c34)cc2F)cc1. The highest BCUT2D eigenvalue weighted by Gasteiger charge is 2.23. The van der Waals surface area contributed by atoms with Crippen LogP contribution in [0.3, 0.4) is 0 Å². The molecule has 0 radical (unpaired) electrons. The number of nitriles is 1. The van der Waals surface area contributed by atoms with Gasteiger partial charge < -0.3 is 19.8 Å². The average molecular weight is 571 g/mol. The molecule has 6 rings (SSSR count). The molecule has 0 atom stereocenters. The number of benzene rings is 3. The summed E-state index contributed by atoms with van der Waals surface area (Å²) in [5.41, 5.74) is 9.23. The zero-order valence-corrected chi connectivity index (χ0v) is 22.8. The number of anilines is 2. The van der Waals surface area contributed by atoms with E-state index in [1.165, 1.54) is 37.2 Å². The number of hydrogen-bond donors (Lipinski definition) is 2. The second kappa shape index (κ2) is 11.1. The van der Waals surface area contributed by atoms with Gasteiger partial charge in [0.2, 0.25) is 0 Å². The number of aromatic nitrogens is 3. The molecule has 40 heavy (non-hydrogen) atoms. The molecular formula is C30H24ClFN6OS. The minimum atomic E-state index is -0.382. The van der Waals surface area contributed by atoms with Gasteiger partial charge >= 0.3 is 0 Å². The Morgan fingerprint density at radius 3 is 2.65 bits per heavy atom. The predicted molar refractivity (Wildman–Crippen MR) is 157 cm³/mol. The molecule has 10 heteroatoms. The molecule has 3 aromatic carbocycles. The molecular weight excluding hydrogens is 547 g/mol. The van der Waals surface area contributed by atoms with Gasteiger partial charge in [-0.25, -0.2) is 14.4 Å². The van der Waals surface area contributed by atoms with Crippen molar-refractivity contribution in [3.63, 3.8) is 0 Å². The fourth-order valence-electron chi connectivity index (χ4n) is 5.07. The molecule has 1 fully saturated rings. The summed E-state index contributed by atoms with van der Waals surface area (Å²) in [5, 5.41) is 10.4. The zero-order chi connectivity index (χ0) is 27.6. The zero-order valence-electron chi connectivity index (χ0n) is 21.3. The van der Waals surface area contributed by atoms with Gasteiger partial charge in [0.15, 0.2) is 0 Å². The minimum Gasteiger partial charge on any atom is -0.456 e. The van der Waals surface area contributed by atoms with Crippen LogP contribution >= 0.6 is 23.5 Å². The fraction of sp³-hybridized carbons (Fsp3) is 0.167. The van der Waals surface area contributed by atoms with Crippen LogP contribution < -0.4 is 15.2 Å². The smallest absolute Gasteiger partial charge is 0.147 e. The predicted octanol–water partition coefficient (Wildman–Crippen LogP) is 8.37. The molecule has 0 aliphatic heterocycles. The Hall–Kier alpha value is -4.26. The van der Waals surface area contributed by atoms with Gasteiger partial charge in [0, 0.05) is 22.7 Å². The Kier molecular flexibility index (Phi) is 7.20. The molecule has 1 saturated carbocycles. The average Bonchev–Trinajstić information content (AvgIpc) is 3.62. The molecule has 7 nitrogen and oxygen atoms in total. The van der Waals surface area contributed by atoms with Crippen molar-refractivity contribution in [2.75, 3.05) is 10.5 Å². The van der Waals surface area contributed by atoms with Gasteiger partial charge in [-0.2, -0.15) is 5.26 Å². The summed E-state index contributed by atoms with van der Waals surface area (Å²) in [6.07, 6.45) is 8.08. The second-order valence-corrected chi connectivity index (χ2v) is 10.8. The Morgan fingerprint density at radius 1 is 1.10 bits per heavy atom. The van der Waals surface area contributed by atoms with E-state index in [1.807, 2.05) is 24.4 Å². The lowest BCUT2D eigenvalue weighted by Gasteiger charge is -2.12. The van der Waals surface area contributed by atoms with Crippen LogP contribution in [0.2, 0.25) is 5.02 Å². The van der Waals surface area contributed by atoms with E-state index in [1.54, 1.807) is 36.4 Å². The molecule has 200 valence electrons. The van der Waals surface area contributed by atoms with Crippen LogP contribution in [0.15, 0.2) is 78.1 Å². The monoisotopic (exact) mass is 570 g/mol. The van der Waals surface area contributed by atoms with Crippen molar-refractivity contribution in [1.29, 1.82) is 5.26 Å². The third-order valence-electron chi connectivity index (χ3n) is 7.05. The van der Waals surface area contributed by atoms with Crippen LogP contribution in [0, 0.1) is 17.1 Å². The van der Waals surface area contributed by atoms with Crippen molar-refractivity contribution in [3.05, 3.63) is 89.6 Å². The summed E-state index contributed by atoms with van der Waals surface area (Å²) in [6, 6.07) is 19.8. The van der Waals surface area contributed by atoms with Gasteiger partial charge in [-0.3, -0.25) is 0 Å². The van der Waals surface area contributed by atoms with E-state index >= 15 is 4.39 Å². The van der Waals surface area contributed by atoms with Crippen LogP contribution in [-0.2, 0) is 0 Å². The van der Waals surface area contributed by atoms with Gasteiger partial charge in [-0.15, -0.1) is 0 Å². The first-order valence-corrected chi connectivity index (χ1v) is 14.0. The number of halogens is 2. The summed E-state index contributed by atoms with van der Waals surface area (Å²) in [6.45, 7) is 0. The molecule has 0 spiro atoms. The van der Waals surface area contributed by atoms with Crippen LogP contribution in [0.5, 0.6) is 11.5 Å². The Labute approximate surface area is 239 Å². The molecule has 5 aromatic rings. The van der Waals surface area contributed by atoms with E-state index in [0.717, 1.165) is 39.9 Å². The van der Waals surface area contributed by atoms with Crippen LogP contribution in [0.4, 0.5) is 15.9 Å². The van der Waals surface area contributed by atoms with E-state index in [9.17, 15) is 5.26 Å². The molecule has 2 heterocycles. The summed E-state index contributed by atoms with van der Waals surface area (Å²) in [4.78, 5) is 9.56. The van der Waals surface area contributed by atoms with Gasteiger partial charge in [-0.05, 0) is 78.9 Å². The van der Waals surface area contributed by atoms with Crippen molar-refractivity contribution in [2.24, 2.45) is 0 Å². The molecule has 0 bridgehead atoms. The summed E-state index contributed by atoms with van der Waals surface area (Å²) >= 11 is 7.36. The van der Waals surface area contributed by atoms with Crippen molar-refractivity contribution in [3.8, 4) is 28.7 Å². The highest BCUT2D eigenvalue weighted by Crippen LogP contribution is 2.39. The highest BCUT2D eigenvalue weighted by atomic mass is 35.5. The number of nitrogens with one attached hydrogen (secondary N) is 1. The largest absolute Gasteiger partial charge is 0.456 e. The Bertz CT molecular complexity index is 1740. The first kappa shape index (κ1) is 26.0. The van der Waals surface area contributed by atoms with Crippen LogP contribution in [0.1, 0.15) is 37.3 Å². The van der Waals surface area contributed by atoms with E-state index in [-0.39, 0.29) is 11.4 Å². The third kappa shape index (κ3) is 5.04. The maximum absolute atomic E-state index is 15.3. The van der Waals surface area contributed by atoms with Crippen molar-refractivity contribution in [1.82, 2.24) is 14.5 Å². The molecule has 1 aliphatic carbocycles. The first-order chi connectivity index (χ1) is 19.5. The van der Waals surface area contributed by atoms with Gasteiger partial charge in [0.1, 0.15) is 46.7 Å². The quantitative estimate of drug-likeness (QED) is 0.189. The van der Waals surface area contributed by atoms with Crippen molar-refractivity contribution < 1.29 is 9.13 Å². The number of ether oxygens (including phenoxy) is 1. The molecule has 2 aromatic heterocycles. The normalized spacial score (nSPS) is 13.4. The molecule has 0 saturated heterocycles. The summed E-state index contributed by atoms with van der Waals surface area (Å²) in [7, 11) is 0. The lowest BCUT2D eigenvalue weighted by atomic mass is 10.1. The number of rotatable bonds is 7. The summed E-state index contributed by atoms with van der Waals surface area (Å²) < 4.78 is 26.3. The number of hydrogen-bond acceptors (Lipinski definition) is 7. The maximum Gasteiger partial charge on any atom is 0.147 e. The van der Waals surface area contributed by atoms with Crippen LogP contribution in [0.25, 0.3) is 22.2 Å². The first-order valence-electron chi connectivity index (χ1n) is 12.8. The lowest BCUT2D eigenvalue weighted by Crippen LogP contribution is -2.04. The fourth-order valence-corrected chi connectivity index (χ4v) is 5.94. The number of nitrogen functional groups attached to an aromatic ring is 1. The van der Waals surface area contributed by atoms with E-state index in [0.29, 0.717) is 34.1 Å². The second-order valence-electron chi connectivity index (χ2n) is 9.54. The van der Waals surface area contributed by atoms with Crippen LogP contribution in [-0.4, -0.2) is 14.5 Å². The number of nitrogens with two attached hydrogens (primary N) is 1. The number of nitrogens with zero attached hydrogens (tertiary/aromatic N) is 4. The standard InChI is InChI=1S/C30H24ClFN6OS/c31-24-6-3-7-27(22(24)15-33)39-20-9-11-21(12-10-20)40-37-26-13-8-18(14-25(26)32)23-16-38(19-4-1-2-5-19)30-28(23)29(34)35-17-36-30/h3,6-14,16-17,19,37H,1-2,4-5H2,(H2,34,35,36). The number of fused-ring (bicyclic) bond motifs is 1. The maximum atomic E-state index is 15.3. The Morgan fingerprint density at radius 2 is 1.90 bits per heavy atom. The highest BCUT2D eigenvalue weighted by molar-refractivity contribution is 8.00. The van der Waals surface area contributed by atoms with E-state index < -0.39 is 0 Å². The Balaban J connectivity index is 1.18. The minimum absolute atomic E-state index is 0.279. The van der Waals surface area contributed by atoms with E-state index in [4.69, 9.17) is 22.1 Å². The topological polar surface area (TPSA) is 102 Å². The molecule has 1 aliphatic rings. The summed E-state index contributed by atoms with van der Waals surface area (Å²) in [5.74, 6) is 0.947. The molecule has 0 amide bonds. The molecule has 0 unspecified atom stereocenters. The molecule has 3 N–H and O–H groups in total.